The van der Waals surface area contributed by atoms with Crippen molar-refractivity contribution in [2.24, 2.45) is 0 Å². The van der Waals surface area contributed by atoms with Crippen LogP contribution < -0.4 is 0 Å². The predicted octanol–water partition coefficient (Wildman–Crippen LogP) is 3.59. The molecular weight excluding hydrogens is 358 g/mol. The predicted molar refractivity (Wildman–Crippen MR) is 99.2 cm³/mol. The van der Waals surface area contributed by atoms with Gasteiger partial charge < -0.3 is 9.84 Å². The van der Waals surface area contributed by atoms with Crippen molar-refractivity contribution in [3.05, 3.63) is 71.5 Å². The Hall–Kier alpha value is -1.86. The third kappa shape index (κ3) is 5.31. The van der Waals surface area contributed by atoms with Gasteiger partial charge >= 0.3 is 0 Å². The van der Waals surface area contributed by atoms with Crippen LogP contribution in [0.5, 0.6) is 0 Å². The zero-order chi connectivity index (χ0) is 17.5. The standard InChI is InChI=1S/C18H18ClN3O2S/c19-15-7-4-8-16(9-15)22-13-20-21-18(22)25-12-17(23)11-24-10-14-5-2-1-3-6-14/h1-9,13,17,23H,10-12H2/t17-/m1/s1. The molecule has 3 rings (SSSR count). The molecule has 1 atom stereocenters. The van der Waals surface area contributed by atoms with Crippen molar-refractivity contribution in [3.63, 3.8) is 0 Å². The lowest BCUT2D eigenvalue weighted by atomic mass is 10.2. The van der Waals surface area contributed by atoms with Gasteiger partial charge in [-0.2, -0.15) is 0 Å². The maximum Gasteiger partial charge on any atom is 0.195 e. The molecule has 0 aliphatic carbocycles. The molecule has 1 N–H and O–H groups in total. The number of benzene rings is 2. The summed E-state index contributed by atoms with van der Waals surface area (Å²) in [5, 5.41) is 19.5. The van der Waals surface area contributed by atoms with E-state index in [-0.39, 0.29) is 6.61 Å². The Morgan fingerprint density at radius 2 is 2.00 bits per heavy atom. The number of hydrogen-bond donors (Lipinski definition) is 1. The lowest BCUT2D eigenvalue weighted by Crippen LogP contribution is -2.18. The summed E-state index contributed by atoms with van der Waals surface area (Å²) in [6, 6.07) is 17.3. The lowest BCUT2D eigenvalue weighted by molar-refractivity contribution is 0.0398. The number of aromatic nitrogens is 3. The molecular formula is C18H18ClN3O2S. The molecule has 0 spiro atoms. The van der Waals surface area contributed by atoms with E-state index < -0.39 is 6.10 Å². The molecule has 0 aliphatic heterocycles. The molecule has 0 saturated heterocycles. The van der Waals surface area contributed by atoms with E-state index >= 15 is 0 Å². The molecule has 2 aromatic carbocycles. The smallest absolute Gasteiger partial charge is 0.195 e. The molecule has 7 heteroatoms. The van der Waals surface area contributed by atoms with Gasteiger partial charge in [0.25, 0.3) is 0 Å². The zero-order valence-electron chi connectivity index (χ0n) is 13.5. The molecule has 0 unspecified atom stereocenters. The lowest BCUT2D eigenvalue weighted by Gasteiger charge is -2.11. The summed E-state index contributed by atoms with van der Waals surface area (Å²) >= 11 is 7.46. The molecule has 1 aromatic heterocycles. The van der Waals surface area contributed by atoms with E-state index in [2.05, 4.69) is 10.2 Å². The maximum absolute atomic E-state index is 10.1. The third-order valence-corrected chi connectivity index (χ3v) is 4.75. The fourth-order valence-corrected chi connectivity index (χ4v) is 3.25. The highest BCUT2D eigenvalue weighted by atomic mass is 35.5. The SMILES string of the molecule is O[C@H](COCc1ccccc1)CSc1nncn1-c1cccc(Cl)c1. The van der Waals surface area contributed by atoms with Crippen molar-refractivity contribution in [1.29, 1.82) is 0 Å². The number of rotatable bonds is 8. The minimum atomic E-state index is -0.585. The van der Waals surface area contributed by atoms with Crippen LogP contribution in [0.3, 0.4) is 0 Å². The molecule has 1 heterocycles. The highest BCUT2D eigenvalue weighted by Crippen LogP contribution is 2.22. The molecule has 0 fully saturated rings. The van der Waals surface area contributed by atoms with Crippen LogP contribution in [0.1, 0.15) is 5.56 Å². The Morgan fingerprint density at radius 3 is 2.80 bits per heavy atom. The summed E-state index contributed by atoms with van der Waals surface area (Å²) in [7, 11) is 0. The van der Waals surface area contributed by atoms with Gasteiger partial charge in [0, 0.05) is 10.8 Å². The van der Waals surface area contributed by atoms with E-state index in [1.165, 1.54) is 11.8 Å². The monoisotopic (exact) mass is 375 g/mol. The van der Waals surface area contributed by atoms with Crippen LogP contribution in [0.2, 0.25) is 5.02 Å². The van der Waals surface area contributed by atoms with Gasteiger partial charge in [-0.15, -0.1) is 10.2 Å². The highest BCUT2D eigenvalue weighted by Gasteiger charge is 2.11. The first-order chi connectivity index (χ1) is 12.2. The first-order valence-electron chi connectivity index (χ1n) is 7.81. The van der Waals surface area contributed by atoms with Crippen molar-refractivity contribution < 1.29 is 9.84 Å². The largest absolute Gasteiger partial charge is 0.390 e. The van der Waals surface area contributed by atoms with Crippen molar-refractivity contribution >= 4 is 23.4 Å². The average molecular weight is 376 g/mol. The first-order valence-corrected chi connectivity index (χ1v) is 9.17. The number of aliphatic hydroxyl groups excluding tert-OH is 1. The average Bonchev–Trinajstić information content (AvgIpc) is 3.09. The number of thioether (sulfide) groups is 1. The summed E-state index contributed by atoms with van der Waals surface area (Å²) in [6.45, 7) is 0.758. The van der Waals surface area contributed by atoms with E-state index in [9.17, 15) is 5.11 Å². The molecule has 3 aromatic rings. The van der Waals surface area contributed by atoms with Gasteiger partial charge in [0.15, 0.2) is 5.16 Å². The molecule has 5 nitrogen and oxygen atoms in total. The number of aliphatic hydroxyl groups is 1. The van der Waals surface area contributed by atoms with Crippen LogP contribution in [-0.4, -0.2) is 38.3 Å². The summed E-state index contributed by atoms with van der Waals surface area (Å²) in [5.74, 6) is 0.466. The van der Waals surface area contributed by atoms with Gasteiger partial charge in [0.2, 0.25) is 0 Å². The summed E-state index contributed by atoms with van der Waals surface area (Å²) in [6.07, 6.45) is 1.05. The molecule has 25 heavy (non-hydrogen) atoms. The maximum atomic E-state index is 10.1. The summed E-state index contributed by atoms with van der Waals surface area (Å²) < 4.78 is 7.40. The van der Waals surface area contributed by atoms with E-state index in [0.29, 0.717) is 22.5 Å². The Bertz CT molecular complexity index is 798. The molecule has 0 saturated carbocycles. The van der Waals surface area contributed by atoms with E-state index in [4.69, 9.17) is 16.3 Å². The number of nitrogens with zero attached hydrogens (tertiary/aromatic N) is 3. The van der Waals surface area contributed by atoms with E-state index in [1.807, 2.05) is 59.2 Å². The second-order valence-electron chi connectivity index (χ2n) is 5.43. The van der Waals surface area contributed by atoms with E-state index in [1.54, 1.807) is 6.33 Å². The molecule has 0 aliphatic rings. The summed E-state index contributed by atoms with van der Waals surface area (Å²) in [4.78, 5) is 0. The fourth-order valence-electron chi connectivity index (χ4n) is 2.23. The van der Waals surface area contributed by atoms with Gasteiger partial charge in [-0.25, -0.2) is 0 Å². The topological polar surface area (TPSA) is 60.2 Å². The molecule has 0 bridgehead atoms. The van der Waals surface area contributed by atoms with Gasteiger partial charge in [-0.1, -0.05) is 59.8 Å². The number of halogens is 1. The molecule has 130 valence electrons. The van der Waals surface area contributed by atoms with Crippen LogP contribution in [0.4, 0.5) is 0 Å². The van der Waals surface area contributed by atoms with Gasteiger partial charge in [0.05, 0.1) is 25.0 Å². The number of ether oxygens (including phenoxy) is 1. The normalized spacial score (nSPS) is 12.2. The van der Waals surface area contributed by atoms with Crippen LogP contribution in [-0.2, 0) is 11.3 Å². The fraction of sp³-hybridized carbons (Fsp3) is 0.222. The first kappa shape index (κ1) is 17.9. The van der Waals surface area contributed by atoms with Gasteiger partial charge in [-0.05, 0) is 23.8 Å². The Balaban J connectivity index is 1.49. The Labute approximate surface area is 155 Å². The Morgan fingerprint density at radius 1 is 1.16 bits per heavy atom. The Kier molecular flexibility index (Phi) is 6.47. The van der Waals surface area contributed by atoms with Crippen molar-refractivity contribution in [2.75, 3.05) is 12.4 Å². The molecule has 0 amide bonds. The highest BCUT2D eigenvalue weighted by molar-refractivity contribution is 7.99. The second-order valence-corrected chi connectivity index (χ2v) is 6.85. The van der Waals surface area contributed by atoms with Crippen molar-refractivity contribution in [2.45, 2.75) is 17.9 Å². The van der Waals surface area contributed by atoms with Crippen LogP contribution in [0.15, 0.2) is 66.1 Å². The van der Waals surface area contributed by atoms with Crippen LogP contribution in [0.25, 0.3) is 5.69 Å². The minimum Gasteiger partial charge on any atom is -0.390 e. The quantitative estimate of drug-likeness (QED) is 0.610. The van der Waals surface area contributed by atoms with Crippen molar-refractivity contribution in [1.82, 2.24) is 14.8 Å². The minimum absolute atomic E-state index is 0.271. The second kappa shape index (κ2) is 9.01. The van der Waals surface area contributed by atoms with Crippen LogP contribution >= 0.6 is 23.4 Å². The van der Waals surface area contributed by atoms with E-state index in [0.717, 1.165) is 11.3 Å². The van der Waals surface area contributed by atoms with Crippen LogP contribution in [0, 0.1) is 0 Å². The number of hydrogen-bond acceptors (Lipinski definition) is 5. The summed E-state index contributed by atoms with van der Waals surface area (Å²) in [5.41, 5.74) is 1.97. The van der Waals surface area contributed by atoms with Gasteiger partial charge in [-0.3, -0.25) is 4.57 Å². The van der Waals surface area contributed by atoms with Gasteiger partial charge in [0.1, 0.15) is 6.33 Å². The third-order valence-electron chi connectivity index (χ3n) is 3.43. The zero-order valence-corrected chi connectivity index (χ0v) is 15.0. The molecule has 0 radical (unpaired) electrons. The van der Waals surface area contributed by atoms with Crippen molar-refractivity contribution in [3.8, 4) is 5.69 Å².